The summed E-state index contributed by atoms with van der Waals surface area (Å²) in [6.45, 7) is 2.13. The predicted octanol–water partition coefficient (Wildman–Crippen LogP) is 3.20. The van der Waals surface area contributed by atoms with Crippen molar-refractivity contribution < 1.29 is 19.2 Å². The first kappa shape index (κ1) is 19.0. The molecule has 1 N–H and O–H groups in total. The van der Waals surface area contributed by atoms with E-state index in [2.05, 4.69) is 5.32 Å². The van der Waals surface area contributed by atoms with Gasteiger partial charge in [0.2, 0.25) is 5.91 Å². The number of methoxy groups -OCH3 is 1. The van der Waals surface area contributed by atoms with Crippen molar-refractivity contribution in [2.75, 3.05) is 13.7 Å². The summed E-state index contributed by atoms with van der Waals surface area (Å²) in [5.74, 6) is 1.12. The maximum atomic E-state index is 11.9. The van der Waals surface area contributed by atoms with E-state index < -0.39 is 4.92 Å². The number of nitro groups is 1. The van der Waals surface area contributed by atoms with Gasteiger partial charge in [0.05, 0.1) is 18.1 Å². The van der Waals surface area contributed by atoms with Crippen molar-refractivity contribution in [1.29, 1.82) is 0 Å². The van der Waals surface area contributed by atoms with E-state index in [9.17, 15) is 14.9 Å². The Morgan fingerprint density at radius 1 is 1.23 bits per heavy atom. The van der Waals surface area contributed by atoms with Crippen molar-refractivity contribution in [1.82, 2.24) is 5.32 Å². The predicted molar refractivity (Wildman–Crippen MR) is 98.2 cm³/mol. The number of nitro benzene ring substituents is 1. The molecule has 2 rings (SSSR count). The minimum Gasteiger partial charge on any atom is -0.497 e. The van der Waals surface area contributed by atoms with Gasteiger partial charge in [-0.15, -0.1) is 0 Å². The van der Waals surface area contributed by atoms with E-state index in [0.29, 0.717) is 17.9 Å². The van der Waals surface area contributed by atoms with Gasteiger partial charge in [0.15, 0.2) is 0 Å². The number of carbonyl (C=O) groups is 1. The topological polar surface area (TPSA) is 90.7 Å². The molecule has 0 aliphatic carbocycles. The lowest BCUT2D eigenvalue weighted by molar-refractivity contribution is -0.384. The minimum atomic E-state index is -0.476. The Morgan fingerprint density at radius 3 is 2.58 bits per heavy atom. The van der Waals surface area contributed by atoms with E-state index in [1.807, 2.05) is 6.92 Å². The molecule has 0 saturated carbocycles. The van der Waals surface area contributed by atoms with Crippen LogP contribution in [0.15, 0.2) is 54.6 Å². The molecule has 26 heavy (non-hydrogen) atoms. The largest absolute Gasteiger partial charge is 0.497 e. The monoisotopic (exact) mass is 356 g/mol. The fraction of sp³-hybridized carbons (Fsp3) is 0.211. The highest BCUT2D eigenvalue weighted by Gasteiger charge is 2.07. The summed E-state index contributed by atoms with van der Waals surface area (Å²) in [4.78, 5) is 22.2. The van der Waals surface area contributed by atoms with E-state index in [1.54, 1.807) is 43.5 Å². The second kappa shape index (κ2) is 9.22. The van der Waals surface area contributed by atoms with Gasteiger partial charge in [0, 0.05) is 18.2 Å². The highest BCUT2D eigenvalue weighted by molar-refractivity contribution is 5.91. The van der Waals surface area contributed by atoms with Crippen LogP contribution in [0.4, 0.5) is 5.69 Å². The Labute approximate surface area is 151 Å². The zero-order valence-electron chi connectivity index (χ0n) is 14.5. The number of carbonyl (C=O) groups excluding carboxylic acids is 1. The van der Waals surface area contributed by atoms with Gasteiger partial charge in [0.25, 0.3) is 5.69 Å². The fourth-order valence-corrected chi connectivity index (χ4v) is 2.14. The third kappa shape index (κ3) is 5.94. The van der Waals surface area contributed by atoms with Gasteiger partial charge >= 0.3 is 0 Å². The summed E-state index contributed by atoms with van der Waals surface area (Å²) in [6, 6.07) is 13.0. The molecule has 1 atom stereocenters. The van der Waals surface area contributed by atoms with Crippen LogP contribution in [-0.4, -0.2) is 30.6 Å². The minimum absolute atomic E-state index is 0.0196. The summed E-state index contributed by atoms with van der Waals surface area (Å²) in [5.41, 5.74) is 0.560. The number of amides is 1. The highest BCUT2D eigenvalue weighted by Crippen LogP contribution is 2.17. The van der Waals surface area contributed by atoms with Crippen molar-refractivity contribution in [3.8, 4) is 11.5 Å². The average Bonchev–Trinajstić information content (AvgIpc) is 2.65. The zero-order chi connectivity index (χ0) is 18.9. The number of nitrogens with one attached hydrogen (secondary N) is 1. The van der Waals surface area contributed by atoms with E-state index in [4.69, 9.17) is 9.47 Å². The summed E-state index contributed by atoms with van der Waals surface area (Å²) in [5, 5.41) is 13.5. The molecule has 0 spiro atoms. The average molecular weight is 356 g/mol. The normalized spacial score (nSPS) is 11.8. The van der Waals surface area contributed by atoms with Crippen LogP contribution in [0.25, 0.3) is 6.08 Å². The molecule has 0 aliphatic heterocycles. The van der Waals surface area contributed by atoms with Crippen molar-refractivity contribution in [3.05, 3.63) is 70.3 Å². The Balaban J connectivity index is 1.82. The number of hydrogen-bond acceptors (Lipinski definition) is 5. The van der Waals surface area contributed by atoms with Gasteiger partial charge in [-0.3, -0.25) is 14.9 Å². The van der Waals surface area contributed by atoms with Crippen molar-refractivity contribution in [3.63, 3.8) is 0 Å². The quantitative estimate of drug-likeness (QED) is 0.446. The zero-order valence-corrected chi connectivity index (χ0v) is 14.5. The lowest BCUT2D eigenvalue weighted by atomic mass is 10.2. The van der Waals surface area contributed by atoms with Gasteiger partial charge in [-0.2, -0.15) is 0 Å². The summed E-state index contributed by atoms with van der Waals surface area (Å²) in [6.07, 6.45) is 2.86. The fourth-order valence-electron chi connectivity index (χ4n) is 2.14. The Hall–Kier alpha value is -3.35. The van der Waals surface area contributed by atoms with Gasteiger partial charge in [-0.05, 0) is 42.8 Å². The third-order valence-corrected chi connectivity index (χ3v) is 3.46. The molecule has 2 aromatic rings. The second-order valence-corrected chi connectivity index (χ2v) is 5.58. The highest BCUT2D eigenvalue weighted by atomic mass is 16.6. The molecular weight excluding hydrogens is 336 g/mol. The van der Waals surface area contributed by atoms with E-state index in [0.717, 1.165) is 5.75 Å². The Morgan fingerprint density at radius 2 is 1.92 bits per heavy atom. The molecule has 0 bridgehead atoms. The van der Waals surface area contributed by atoms with Crippen LogP contribution in [0.1, 0.15) is 12.5 Å². The van der Waals surface area contributed by atoms with E-state index in [1.165, 1.54) is 24.3 Å². The number of ether oxygens (including phenoxy) is 2. The Kier molecular flexibility index (Phi) is 6.73. The summed E-state index contributed by atoms with van der Waals surface area (Å²) in [7, 11) is 1.59. The molecule has 0 aromatic heterocycles. The van der Waals surface area contributed by atoms with Crippen LogP contribution in [-0.2, 0) is 4.79 Å². The number of non-ortho nitro benzene ring substituents is 1. The van der Waals surface area contributed by atoms with E-state index in [-0.39, 0.29) is 17.6 Å². The molecule has 1 amide bonds. The van der Waals surface area contributed by atoms with Gasteiger partial charge in [0.1, 0.15) is 18.1 Å². The molecule has 2 aromatic carbocycles. The molecule has 1 unspecified atom stereocenters. The first-order valence-electron chi connectivity index (χ1n) is 7.98. The van der Waals surface area contributed by atoms with Crippen LogP contribution in [0, 0.1) is 10.1 Å². The van der Waals surface area contributed by atoms with Crippen molar-refractivity contribution in [2.45, 2.75) is 13.0 Å². The second-order valence-electron chi connectivity index (χ2n) is 5.58. The first-order valence-corrected chi connectivity index (χ1v) is 7.98. The lowest BCUT2D eigenvalue weighted by Gasteiger charge is -2.14. The summed E-state index contributed by atoms with van der Waals surface area (Å²) < 4.78 is 10.7. The molecule has 0 heterocycles. The standard InChI is InChI=1S/C19H20N2O5/c1-14(13-26-18-9-7-17(25-2)8-10-18)20-19(22)11-6-15-4-3-5-16(12-15)21(23)24/h3-12,14H,13H2,1-2H3,(H,20,22)/b11-6+. The first-order chi connectivity index (χ1) is 12.5. The molecule has 7 heteroatoms. The maximum Gasteiger partial charge on any atom is 0.270 e. The molecule has 7 nitrogen and oxygen atoms in total. The van der Waals surface area contributed by atoms with Crippen LogP contribution in [0.5, 0.6) is 11.5 Å². The molecule has 0 radical (unpaired) electrons. The number of rotatable bonds is 8. The van der Waals surface area contributed by atoms with Gasteiger partial charge < -0.3 is 14.8 Å². The SMILES string of the molecule is COc1ccc(OCC(C)NC(=O)/C=C/c2cccc([N+](=O)[O-])c2)cc1. The number of hydrogen-bond donors (Lipinski definition) is 1. The van der Waals surface area contributed by atoms with Crippen LogP contribution < -0.4 is 14.8 Å². The molecule has 136 valence electrons. The molecule has 0 aliphatic rings. The molecule has 0 saturated heterocycles. The van der Waals surface area contributed by atoms with Gasteiger partial charge in [-0.25, -0.2) is 0 Å². The Bertz CT molecular complexity index is 787. The summed E-state index contributed by atoms with van der Waals surface area (Å²) >= 11 is 0. The van der Waals surface area contributed by atoms with E-state index >= 15 is 0 Å². The smallest absolute Gasteiger partial charge is 0.270 e. The van der Waals surface area contributed by atoms with Crippen molar-refractivity contribution in [2.24, 2.45) is 0 Å². The van der Waals surface area contributed by atoms with Crippen LogP contribution in [0.2, 0.25) is 0 Å². The van der Waals surface area contributed by atoms with Crippen LogP contribution >= 0.6 is 0 Å². The molecular formula is C19H20N2O5. The number of benzene rings is 2. The maximum absolute atomic E-state index is 11.9. The van der Waals surface area contributed by atoms with Crippen LogP contribution in [0.3, 0.4) is 0 Å². The number of nitrogens with zero attached hydrogens (tertiary/aromatic N) is 1. The van der Waals surface area contributed by atoms with Crippen molar-refractivity contribution >= 4 is 17.7 Å². The molecule has 0 fully saturated rings. The lowest BCUT2D eigenvalue weighted by Crippen LogP contribution is -2.35. The third-order valence-electron chi connectivity index (χ3n) is 3.46. The van der Waals surface area contributed by atoms with Gasteiger partial charge in [-0.1, -0.05) is 12.1 Å².